The lowest BCUT2D eigenvalue weighted by molar-refractivity contribution is -0.125. The third kappa shape index (κ3) is 3.31. The molecule has 28 heavy (non-hydrogen) atoms. The summed E-state index contributed by atoms with van der Waals surface area (Å²) in [6, 6.07) is 11.4. The zero-order valence-corrected chi connectivity index (χ0v) is 16.0. The predicted octanol–water partition coefficient (Wildman–Crippen LogP) is 1.76. The zero-order valence-electron chi connectivity index (χ0n) is 16.0. The van der Waals surface area contributed by atoms with E-state index in [4.69, 9.17) is 0 Å². The van der Waals surface area contributed by atoms with E-state index in [9.17, 15) is 9.59 Å². The zero-order chi connectivity index (χ0) is 19.7. The van der Waals surface area contributed by atoms with Crippen LogP contribution in [-0.2, 0) is 10.3 Å². The third-order valence-electron chi connectivity index (χ3n) is 5.21. The molecule has 1 aromatic carbocycles. The van der Waals surface area contributed by atoms with Gasteiger partial charge in [-0.25, -0.2) is 4.98 Å². The SMILES string of the molecule is CC1(C)NC(=O)c2c1ccnc2N1CCN(C(=O)C#Cc2ccccc2)CC1. The number of aromatic nitrogens is 1. The molecular formula is C22H22N4O2. The van der Waals surface area contributed by atoms with Crippen molar-refractivity contribution in [2.45, 2.75) is 19.4 Å². The average Bonchev–Trinajstić information content (AvgIpc) is 2.96. The van der Waals surface area contributed by atoms with Crippen LogP contribution in [0.5, 0.6) is 0 Å². The molecule has 0 unspecified atom stereocenters. The van der Waals surface area contributed by atoms with Crippen molar-refractivity contribution < 1.29 is 9.59 Å². The maximum atomic E-state index is 12.5. The van der Waals surface area contributed by atoms with Crippen LogP contribution in [0.3, 0.4) is 0 Å². The second-order valence-corrected chi connectivity index (χ2v) is 7.53. The molecule has 6 nitrogen and oxygen atoms in total. The number of anilines is 1. The van der Waals surface area contributed by atoms with E-state index in [1.54, 1.807) is 11.1 Å². The molecule has 0 saturated carbocycles. The van der Waals surface area contributed by atoms with Gasteiger partial charge in [0.05, 0.1) is 11.1 Å². The molecule has 0 aliphatic carbocycles. The van der Waals surface area contributed by atoms with Gasteiger partial charge in [0.2, 0.25) is 0 Å². The van der Waals surface area contributed by atoms with Crippen molar-refractivity contribution >= 4 is 17.6 Å². The Bertz CT molecular complexity index is 981. The Labute approximate surface area is 164 Å². The molecule has 4 rings (SSSR count). The lowest BCUT2D eigenvalue weighted by atomic mass is 9.95. The second-order valence-electron chi connectivity index (χ2n) is 7.53. The van der Waals surface area contributed by atoms with Gasteiger partial charge >= 0.3 is 0 Å². The van der Waals surface area contributed by atoms with Crippen molar-refractivity contribution in [2.75, 3.05) is 31.1 Å². The summed E-state index contributed by atoms with van der Waals surface area (Å²) in [7, 11) is 0. The standard InChI is InChI=1S/C22H22N4O2/c1-22(2)17-10-11-23-20(19(17)21(28)24-22)26-14-12-25(13-15-26)18(27)9-8-16-6-4-3-5-7-16/h3-7,10-11H,12-15H2,1-2H3,(H,24,28). The number of rotatable bonds is 1. The maximum Gasteiger partial charge on any atom is 0.298 e. The molecule has 1 aromatic heterocycles. The summed E-state index contributed by atoms with van der Waals surface area (Å²) in [6.07, 6.45) is 1.75. The largest absolute Gasteiger partial charge is 0.352 e. The van der Waals surface area contributed by atoms with Gasteiger partial charge in [0.15, 0.2) is 0 Å². The summed E-state index contributed by atoms with van der Waals surface area (Å²) in [4.78, 5) is 33.2. The van der Waals surface area contributed by atoms with Gasteiger partial charge in [-0.1, -0.05) is 24.1 Å². The molecule has 1 fully saturated rings. The minimum Gasteiger partial charge on any atom is -0.352 e. The second kappa shape index (κ2) is 7.01. The van der Waals surface area contributed by atoms with Crippen LogP contribution in [0.25, 0.3) is 0 Å². The van der Waals surface area contributed by atoms with Crippen LogP contribution >= 0.6 is 0 Å². The maximum absolute atomic E-state index is 12.5. The van der Waals surface area contributed by atoms with Gasteiger partial charge in [-0.3, -0.25) is 9.59 Å². The number of carbonyl (C=O) groups is 2. The van der Waals surface area contributed by atoms with Gasteiger partial charge in [-0.15, -0.1) is 0 Å². The molecule has 2 aromatic rings. The minimum absolute atomic E-state index is 0.0877. The van der Waals surface area contributed by atoms with Crippen molar-refractivity contribution in [3.05, 3.63) is 59.3 Å². The number of pyridine rings is 1. The lowest BCUT2D eigenvalue weighted by Crippen LogP contribution is -2.49. The highest BCUT2D eigenvalue weighted by Crippen LogP contribution is 2.35. The summed E-state index contributed by atoms with van der Waals surface area (Å²) in [5.41, 5.74) is 2.05. The highest BCUT2D eigenvalue weighted by molar-refractivity contribution is 6.04. The molecule has 0 bridgehead atoms. The van der Waals surface area contributed by atoms with E-state index in [0.29, 0.717) is 37.6 Å². The van der Waals surface area contributed by atoms with E-state index >= 15 is 0 Å². The van der Waals surface area contributed by atoms with Crippen LogP contribution in [0, 0.1) is 11.8 Å². The van der Waals surface area contributed by atoms with Crippen molar-refractivity contribution in [3.8, 4) is 11.8 Å². The Morgan fingerprint density at radius 2 is 1.82 bits per heavy atom. The van der Waals surface area contributed by atoms with Gasteiger partial charge in [0.1, 0.15) is 5.82 Å². The molecule has 2 aliphatic heterocycles. The van der Waals surface area contributed by atoms with Gasteiger partial charge in [0, 0.05) is 43.9 Å². The van der Waals surface area contributed by atoms with Gasteiger partial charge in [-0.2, -0.15) is 0 Å². The Kier molecular flexibility index (Phi) is 4.52. The van der Waals surface area contributed by atoms with Crippen molar-refractivity contribution in [1.82, 2.24) is 15.2 Å². The fourth-order valence-corrected chi connectivity index (χ4v) is 3.70. The normalized spacial score (nSPS) is 17.4. The number of piperazine rings is 1. The van der Waals surface area contributed by atoms with Gasteiger partial charge in [0.25, 0.3) is 11.8 Å². The molecular weight excluding hydrogens is 352 g/mol. The van der Waals surface area contributed by atoms with Crippen LogP contribution in [-0.4, -0.2) is 47.9 Å². The van der Waals surface area contributed by atoms with Gasteiger partial charge in [-0.05, 0) is 37.6 Å². The third-order valence-corrected chi connectivity index (χ3v) is 5.21. The van der Waals surface area contributed by atoms with Crippen LogP contribution in [0.4, 0.5) is 5.82 Å². The fourth-order valence-electron chi connectivity index (χ4n) is 3.70. The summed E-state index contributed by atoms with van der Waals surface area (Å²) in [5, 5.41) is 3.01. The van der Waals surface area contributed by atoms with Gasteiger partial charge < -0.3 is 15.1 Å². The number of benzene rings is 1. The van der Waals surface area contributed by atoms with Crippen LogP contribution < -0.4 is 10.2 Å². The highest BCUT2D eigenvalue weighted by Gasteiger charge is 2.38. The van der Waals surface area contributed by atoms with E-state index in [-0.39, 0.29) is 11.8 Å². The monoisotopic (exact) mass is 374 g/mol. The molecule has 0 spiro atoms. The summed E-state index contributed by atoms with van der Waals surface area (Å²) in [6.45, 7) is 6.33. The first-order chi connectivity index (χ1) is 13.5. The predicted molar refractivity (Wildman–Crippen MR) is 107 cm³/mol. The van der Waals surface area contributed by atoms with Crippen LogP contribution in [0.1, 0.15) is 35.3 Å². The average molecular weight is 374 g/mol. The molecule has 0 radical (unpaired) electrons. The first-order valence-electron chi connectivity index (χ1n) is 9.38. The smallest absolute Gasteiger partial charge is 0.298 e. The number of hydrogen-bond acceptors (Lipinski definition) is 4. The van der Waals surface area contributed by atoms with E-state index in [2.05, 4.69) is 27.0 Å². The molecule has 142 valence electrons. The van der Waals surface area contributed by atoms with Crippen molar-refractivity contribution in [3.63, 3.8) is 0 Å². The van der Waals surface area contributed by atoms with E-state index in [0.717, 1.165) is 11.1 Å². The number of hydrogen-bond donors (Lipinski definition) is 1. The Morgan fingerprint density at radius 1 is 1.11 bits per heavy atom. The molecule has 3 heterocycles. The van der Waals surface area contributed by atoms with Crippen molar-refractivity contribution in [2.24, 2.45) is 0 Å². The van der Waals surface area contributed by atoms with Crippen LogP contribution in [0.15, 0.2) is 42.6 Å². The topological polar surface area (TPSA) is 65.5 Å². The first-order valence-corrected chi connectivity index (χ1v) is 9.38. The summed E-state index contributed by atoms with van der Waals surface area (Å²) in [5.74, 6) is 6.07. The molecule has 0 atom stereocenters. The minimum atomic E-state index is -0.394. The van der Waals surface area contributed by atoms with E-state index in [1.165, 1.54) is 0 Å². The summed E-state index contributed by atoms with van der Waals surface area (Å²) < 4.78 is 0. The fraction of sp³-hybridized carbons (Fsp3) is 0.318. The van der Waals surface area contributed by atoms with E-state index < -0.39 is 5.54 Å². The molecule has 2 aliphatic rings. The quantitative estimate of drug-likeness (QED) is 0.773. The molecule has 2 amide bonds. The Balaban J connectivity index is 1.46. The van der Waals surface area contributed by atoms with Crippen LogP contribution in [0.2, 0.25) is 0 Å². The molecule has 6 heteroatoms. The molecule has 1 saturated heterocycles. The highest BCUT2D eigenvalue weighted by atomic mass is 16.2. The number of fused-ring (bicyclic) bond motifs is 1. The van der Waals surface area contributed by atoms with Crippen molar-refractivity contribution in [1.29, 1.82) is 0 Å². The first kappa shape index (κ1) is 18.1. The molecule has 1 N–H and O–H groups in total. The number of carbonyl (C=O) groups excluding carboxylic acids is 2. The number of nitrogens with one attached hydrogen (secondary N) is 1. The Hall–Kier alpha value is -3.33. The Morgan fingerprint density at radius 3 is 2.54 bits per heavy atom. The number of nitrogens with zero attached hydrogens (tertiary/aromatic N) is 3. The summed E-state index contributed by atoms with van der Waals surface area (Å²) >= 11 is 0. The van der Waals surface area contributed by atoms with E-state index in [1.807, 2.05) is 50.2 Å². The lowest BCUT2D eigenvalue weighted by Gasteiger charge is -2.35. The number of amides is 2.